The molecule has 1 aromatic carbocycles. The van der Waals surface area contributed by atoms with Gasteiger partial charge in [-0.05, 0) is 18.2 Å². The standard InChI is InChI=1S/C13H7Cl4NO2/c14-7-2-3-8(15)12(16)11(7)9-4-1-6(5-10(19)20)13(17)18-9/h1-4H,5H2,(H,19,20). The van der Waals surface area contributed by atoms with Crippen LogP contribution in [0.15, 0.2) is 24.3 Å². The highest BCUT2D eigenvalue weighted by molar-refractivity contribution is 6.46. The van der Waals surface area contributed by atoms with E-state index in [0.717, 1.165) is 0 Å². The minimum Gasteiger partial charge on any atom is -0.481 e. The number of benzene rings is 1. The summed E-state index contributed by atoms with van der Waals surface area (Å²) >= 11 is 24.1. The molecule has 0 atom stereocenters. The van der Waals surface area contributed by atoms with E-state index in [2.05, 4.69) is 4.98 Å². The number of hydrogen-bond donors (Lipinski definition) is 1. The van der Waals surface area contributed by atoms with Gasteiger partial charge in [-0.3, -0.25) is 4.79 Å². The smallest absolute Gasteiger partial charge is 0.307 e. The van der Waals surface area contributed by atoms with Crippen molar-refractivity contribution in [3.8, 4) is 11.3 Å². The van der Waals surface area contributed by atoms with Gasteiger partial charge in [-0.2, -0.15) is 0 Å². The Bertz CT molecular complexity index is 688. The Hall–Kier alpha value is -1.000. The number of aromatic nitrogens is 1. The summed E-state index contributed by atoms with van der Waals surface area (Å²) in [6.07, 6.45) is -0.205. The molecule has 3 nitrogen and oxygen atoms in total. The second-order valence-electron chi connectivity index (χ2n) is 3.94. The molecule has 2 aromatic rings. The molecule has 1 heterocycles. The number of pyridine rings is 1. The summed E-state index contributed by atoms with van der Waals surface area (Å²) < 4.78 is 0. The van der Waals surface area contributed by atoms with Crippen molar-refractivity contribution in [3.05, 3.63) is 50.0 Å². The fourth-order valence-corrected chi connectivity index (χ4v) is 2.60. The Morgan fingerprint density at radius 3 is 2.30 bits per heavy atom. The van der Waals surface area contributed by atoms with Crippen LogP contribution in [-0.4, -0.2) is 16.1 Å². The zero-order valence-corrected chi connectivity index (χ0v) is 12.9. The average molecular weight is 351 g/mol. The Kier molecular flexibility index (Phi) is 4.76. The van der Waals surface area contributed by atoms with Crippen molar-refractivity contribution < 1.29 is 9.90 Å². The maximum atomic E-state index is 10.7. The SMILES string of the molecule is O=C(O)Cc1ccc(-c2c(Cl)ccc(Cl)c2Cl)nc1Cl. The van der Waals surface area contributed by atoms with Crippen LogP contribution in [0.5, 0.6) is 0 Å². The third-order valence-electron chi connectivity index (χ3n) is 2.57. The lowest BCUT2D eigenvalue weighted by Crippen LogP contribution is -2.02. The van der Waals surface area contributed by atoms with Crippen molar-refractivity contribution in [3.63, 3.8) is 0 Å². The Morgan fingerprint density at radius 1 is 1.05 bits per heavy atom. The maximum absolute atomic E-state index is 10.7. The van der Waals surface area contributed by atoms with Crippen LogP contribution in [0.3, 0.4) is 0 Å². The van der Waals surface area contributed by atoms with Crippen LogP contribution >= 0.6 is 46.4 Å². The van der Waals surface area contributed by atoms with Crippen LogP contribution in [0, 0.1) is 0 Å². The van der Waals surface area contributed by atoms with E-state index in [1.165, 1.54) is 0 Å². The van der Waals surface area contributed by atoms with Crippen molar-refractivity contribution in [1.29, 1.82) is 0 Å². The Morgan fingerprint density at radius 2 is 1.70 bits per heavy atom. The molecule has 0 saturated heterocycles. The Labute approximate surface area is 135 Å². The molecule has 0 unspecified atom stereocenters. The van der Waals surface area contributed by atoms with Gasteiger partial charge in [0.05, 0.1) is 27.2 Å². The first kappa shape index (κ1) is 15.4. The maximum Gasteiger partial charge on any atom is 0.307 e. The average Bonchev–Trinajstić information content (AvgIpc) is 2.37. The molecule has 0 spiro atoms. The highest BCUT2D eigenvalue weighted by Gasteiger charge is 2.15. The lowest BCUT2D eigenvalue weighted by Gasteiger charge is -2.09. The summed E-state index contributed by atoms with van der Waals surface area (Å²) in [5.74, 6) is -0.986. The van der Waals surface area contributed by atoms with Crippen LogP contribution < -0.4 is 0 Å². The van der Waals surface area contributed by atoms with Gasteiger partial charge >= 0.3 is 5.97 Å². The Balaban J connectivity index is 2.52. The van der Waals surface area contributed by atoms with Crippen LogP contribution in [0.1, 0.15) is 5.56 Å². The predicted octanol–water partition coefficient (Wildman–Crippen LogP) is 4.99. The second-order valence-corrected chi connectivity index (χ2v) is 5.49. The molecule has 0 fully saturated rings. The molecule has 0 saturated carbocycles. The van der Waals surface area contributed by atoms with Crippen LogP contribution in [0.2, 0.25) is 20.2 Å². The molecule has 7 heteroatoms. The van der Waals surface area contributed by atoms with Gasteiger partial charge < -0.3 is 5.11 Å². The summed E-state index contributed by atoms with van der Waals surface area (Å²) in [7, 11) is 0. The first-order chi connectivity index (χ1) is 9.40. The molecule has 2 rings (SSSR count). The number of hydrogen-bond acceptors (Lipinski definition) is 2. The molecule has 0 bridgehead atoms. The second kappa shape index (κ2) is 6.19. The number of rotatable bonds is 3. The molecular formula is C13H7Cl4NO2. The molecule has 0 radical (unpaired) electrons. The summed E-state index contributed by atoms with van der Waals surface area (Å²) in [5, 5.41) is 9.85. The number of carbonyl (C=O) groups is 1. The lowest BCUT2D eigenvalue weighted by atomic mass is 10.1. The van der Waals surface area contributed by atoms with Crippen LogP contribution in [-0.2, 0) is 11.2 Å². The van der Waals surface area contributed by atoms with Crippen molar-refractivity contribution >= 4 is 52.4 Å². The van der Waals surface area contributed by atoms with Gasteiger partial charge in [-0.25, -0.2) is 4.98 Å². The summed E-state index contributed by atoms with van der Waals surface area (Å²) in [6.45, 7) is 0. The van der Waals surface area contributed by atoms with E-state index in [-0.39, 0.29) is 16.6 Å². The van der Waals surface area contributed by atoms with Crippen molar-refractivity contribution in [2.45, 2.75) is 6.42 Å². The van der Waals surface area contributed by atoms with Crippen molar-refractivity contribution in [2.75, 3.05) is 0 Å². The zero-order chi connectivity index (χ0) is 14.9. The van der Waals surface area contributed by atoms with E-state index in [0.29, 0.717) is 26.9 Å². The first-order valence-corrected chi connectivity index (χ1v) is 6.92. The van der Waals surface area contributed by atoms with E-state index in [9.17, 15) is 4.79 Å². The number of nitrogens with zero attached hydrogens (tertiary/aromatic N) is 1. The predicted molar refractivity (Wildman–Crippen MR) is 81.1 cm³/mol. The van der Waals surface area contributed by atoms with Crippen molar-refractivity contribution in [1.82, 2.24) is 4.98 Å². The number of halogens is 4. The highest BCUT2D eigenvalue weighted by atomic mass is 35.5. The third kappa shape index (κ3) is 3.18. The van der Waals surface area contributed by atoms with Gasteiger partial charge in [0.25, 0.3) is 0 Å². The minimum absolute atomic E-state index is 0.0945. The molecule has 1 N–H and O–H groups in total. The number of aliphatic carboxylic acids is 1. The summed E-state index contributed by atoms with van der Waals surface area (Å²) in [4.78, 5) is 14.8. The monoisotopic (exact) mass is 349 g/mol. The van der Waals surface area contributed by atoms with Crippen LogP contribution in [0.4, 0.5) is 0 Å². The largest absolute Gasteiger partial charge is 0.481 e. The quantitative estimate of drug-likeness (QED) is 0.626. The minimum atomic E-state index is -0.986. The molecule has 0 amide bonds. The zero-order valence-electron chi connectivity index (χ0n) is 9.83. The highest BCUT2D eigenvalue weighted by Crippen LogP contribution is 2.38. The van der Waals surface area contributed by atoms with E-state index < -0.39 is 5.97 Å². The number of carboxylic acid groups (broad SMARTS) is 1. The lowest BCUT2D eigenvalue weighted by molar-refractivity contribution is -0.136. The molecule has 20 heavy (non-hydrogen) atoms. The van der Waals surface area contributed by atoms with Gasteiger partial charge in [0.2, 0.25) is 0 Å². The summed E-state index contributed by atoms with van der Waals surface area (Å²) in [5.41, 5.74) is 1.31. The molecule has 104 valence electrons. The van der Waals surface area contributed by atoms with Crippen molar-refractivity contribution in [2.24, 2.45) is 0 Å². The molecule has 1 aromatic heterocycles. The van der Waals surface area contributed by atoms with Gasteiger partial charge in [-0.1, -0.05) is 52.5 Å². The van der Waals surface area contributed by atoms with E-state index in [4.69, 9.17) is 51.5 Å². The summed E-state index contributed by atoms with van der Waals surface area (Å²) in [6, 6.07) is 6.36. The molecular weight excluding hydrogens is 344 g/mol. The number of carboxylic acids is 1. The first-order valence-electron chi connectivity index (χ1n) is 5.41. The fraction of sp³-hybridized carbons (Fsp3) is 0.0769. The van der Waals surface area contributed by atoms with E-state index >= 15 is 0 Å². The van der Waals surface area contributed by atoms with E-state index in [1.807, 2.05) is 0 Å². The fourth-order valence-electron chi connectivity index (χ4n) is 1.66. The van der Waals surface area contributed by atoms with Crippen LogP contribution in [0.25, 0.3) is 11.3 Å². The molecule has 0 aliphatic carbocycles. The molecule has 0 aliphatic heterocycles. The van der Waals surface area contributed by atoms with Gasteiger partial charge in [0.15, 0.2) is 0 Å². The molecule has 0 aliphatic rings. The normalized spacial score (nSPS) is 10.6. The third-order valence-corrected chi connectivity index (χ3v) is 4.01. The van der Waals surface area contributed by atoms with Gasteiger partial charge in [0, 0.05) is 11.1 Å². The van der Waals surface area contributed by atoms with Gasteiger partial charge in [-0.15, -0.1) is 0 Å². The topological polar surface area (TPSA) is 50.2 Å². The van der Waals surface area contributed by atoms with E-state index in [1.54, 1.807) is 24.3 Å². The van der Waals surface area contributed by atoms with Gasteiger partial charge in [0.1, 0.15) is 5.15 Å².